The average molecular weight is 188 g/mol. The normalized spacial score (nSPS) is 2.00. The first-order chi connectivity index (χ1) is 1.41. The van der Waals surface area contributed by atoms with E-state index in [4.69, 9.17) is 9.13 Å². The maximum atomic E-state index is 8.35. The second-order valence-electron chi connectivity index (χ2n) is 0.0745. The zero-order chi connectivity index (χ0) is 2.71. The number of hydrogen-bond donors (Lipinski definition) is 0. The van der Waals surface area contributed by atoms with Gasteiger partial charge in [-0.3, -0.25) is 0 Å². The van der Waals surface area contributed by atoms with E-state index in [9.17, 15) is 0 Å². The summed E-state index contributed by atoms with van der Waals surface area (Å²) in [4.78, 5) is 0. The molecule has 0 rings (SSSR count). The fourth-order valence-electron chi connectivity index (χ4n) is 0. The van der Waals surface area contributed by atoms with Crippen LogP contribution in [0.3, 0.4) is 0 Å². The standard InChI is InChI=1S/Al.Fe.K.O2P.3H/c;;;1-3-2;;;/q;;+1;-1;;;. The second-order valence-corrected chi connectivity index (χ2v) is 0.224. The van der Waals surface area contributed by atoms with E-state index in [1.807, 2.05) is 0 Å². The van der Waals surface area contributed by atoms with Gasteiger partial charge in [-0.25, -0.2) is 0 Å². The average Bonchev–Trinajstić information content (AvgIpc) is 0.918. The van der Waals surface area contributed by atoms with Crippen LogP contribution < -0.4 is 51.4 Å². The Morgan fingerprint density at radius 2 is 1.17 bits per heavy atom. The van der Waals surface area contributed by atoms with Gasteiger partial charge < -0.3 is 9.13 Å². The van der Waals surface area contributed by atoms with Gasteiger partial charge >= 0.3 is 51.4 Å². The van der Waals surface area contributed by atoms with Crippen molar-refractivity contribution in [3.05, 3.63) is 0 Å². The van der Waals surface area contributed by atoms with Crippen LogP contribution in [0.5, 0.6) is 0 Å². The van der Waals surface area contributed by atoms with Crippen molar-refractivity contribution in [2.45, 2.75) is 0 Å². The summed E-state index contributed by atoms with van der Waals surface area (Å²) in [5.41, 5.74) is 0. The van der Waals surface area contributed by atoms with Crippen LogP contribution in [0.25, 0.3) is 0 Å². The third-order valence-corrected chi connectivity index (χ3v) is 0. The van der Waals surface area contributed by atoms with Crippen LogP contribution in [0.2, 0.25) is 0 Å². The first-order valence-electron chi connectivity index (χ1n) is 0.365. The molecule has 0 spiro atoms. The van der Waals surface area contributed by atoms with Crippen LogP contribution in [0.4, 0.5) is 0 Å². The summed E-state index contributed by atoms with van der Waals surface area (Å²) in [6, 6.07) is 0. The summed E-state index contributed by atoms with van der Waals surface area (Å²) in [5.74, 6) is 0. The first-order valence-corrected chi connectivity index (χ1v) is 1.10. The molecule has 0 atom stereocenters. The maximum Gasteiger partial charge on any atom is 1.00 e. The fourth-order valence-corrected chi connectivity index (χ4v) is 0. The van der Waals surface area contributed by atoms with E-state index < -0.39 is 8.34 Å². The van der Waals surface area contributed by atoms with E-state index in [-0.39, 0.29) is 85.8 Å². The quantitative estimate of drug-likeness (QED) is 0.291. The third-order valence-electron chi connectivity index (χ3n) is 0. The topological polar surface area (TPSA) is 34.1 Å². The minimum absolute atomic E-state index is 0. The molecular weight excluding hydrogens is 185 g/mol. The van der Waals surface area contributed by atoms with Crippen molar-refractivity contribution in [3.63, 3.8) is 0 Å². The Balaban J connectivity index is -0.00000000667. The Bertz CT molecular complexity index is 34.5. The summed E-state index contributed by atoms with van der Waals surface area (Å²) >= 11 is 0. The summed E-state index contributed by atoms with van der Waals surface area (Å²) in [6.07, 6.45) is 0. The molecule has 0 aromatic heterocycles. The molecule has 0 aliphatic carbocycles. The van der Waals surface area contributed by atoms with Crippen LogP contribution in [0.15, 0.2) is 0 Å². The van der Waals surface area contributed by atoms with E-state index in [1.165, 1.54) is 0 Å². The van der Waals surface area contributed by atoms with Gasteiger partial charge in [0.15, 0.2) is 17.4 Å². The molecular formula is H3AlFeKO2P. The van der Waals surface area contributed by atoms with Gasteiger partial charge in [-0.15, -0.1) is 0 Å². The number of hydrogen-bond acceptors (Lipinski definition) is 2. The zero-order valence-corrected chi connectivity index (χ0v) is 7.74. The van der Waals surface area contributed by atoms with Gasteiger partial charge in [0, 0.05) is 17.1 Å². The predicted molar refractivity (Wildman–Crippen MR) is 18.2 cm³/mol. The van der Waals surface area contributed by atoms with Crippen LogP contribution >= 0.6 is 8.34 Å². The Hall–Kier alpha value is 2.59. The van der Waals surface area contributed by atoms with Crippen molar-refractivity contribution < 1.29 is 77.6 Å². The molecule has 2 nitrogen and oxygen atoms in total. The van der Waals surface area contributed by atoms with Gasteiger partial charge in [0.25, 0.3) is 0 Å². The van der Waals surface area contributed by atoms with Crippen LogP contribution in [0, 0.1) is 0 Å². The van der Waals surface area contributed by atoms with E-state index in [1.54, 1.807) is 0 Å². The smallest absolute Gasteiger partial charge is 0.474 e. The summed E-state index contributed by atoms with van der Waals surface area (Å²) in [6.45, 7) is 0. The van der Waals surface area contributed by atoms with E-state index in [0.717, 1.165) is 0 Å². The minimum atomic E-state index is -1.08. The SMILES string of the molecule is O=[P-]=O.[AlH3].[Fe].[K+]. The monoisotopic (exact) mass is 188 g/mol. The largest absolute Gasteiger partial charge is 1.00 e. The Morgan fingerprint density at radius 3 is 1.17 bits per heavy atom. The molecule has 0 N–H and O–H groups in total. The van der Waals surface area contributed by atoms with Crippen LogP contribution in [0.1, 0.15) is 0 Å². The second kappa shape index (κ2) is 25.6. The van der Waals surface area contributed by atoms with Crippen molar-refractivity contribution in [3.8, 4) is 0 Å². The maximum absolute atomic E-state index is 8.35. The third kappa shape index (κ3) is 30.7. The summed E-state index contributed by atoms with van der Waals surface area (Å²) in [5, 5.41) is 0. The molecule has 0 saturated heterocycles. The molecule has 6 heavy (non-hydrogen) atoms. The molecule has 0 fully saturated rings. The molecule has 0 amide bonds. The van der Waals surface area contributed by atoms with E-state index in [0.29, 0.717) is 0 Å². The van der Waals surface area contributed by atoms with Crippen molar-refractivity contribution >= 4 is 25.7 Å². The van der Waals surface area contributed by atoms with Crippen molar-refractivity contribution in [1.29, 1.82) is 0 Å². The molecule has 32 valence electrons. The predicted octanol–water partition coefficient (Wildman–Crippen LogP) is -3.56. The molecule has 0 radical (unpaired) electrons. The Kier molecular flexibility index (Phi) is 100. The van der Waals surface area contributed by atoms with Gasteiger partial charge in [0.2, 0.25) is 0 Å². The van der Waals surface area contributed by atoms with Gasteiger partial charge in [0.05, 0.1) is 0 Å². The zero-order valence-electron chi connectivity index (χ0n) is 2.62. The molecule has 0 unspecified atom stereocenters. The Morgan fingerprint density at radius 1 is 1.17 bits per heavy atom. The van der Waals surface area contributed by atoms with Gasteiger partial charge in [-0.1, -0.05) is 8.34 Å². The minimum Gasteiger partial charge on any atom is -0.474 e. The van der Waals surface area contributed by atoms with Crippen molar-refractivity contribution in [1.82, 2.24) is 0 Å². The van der Waals surface area contributed by atoms with Crippen LogP contribution in [-0.2, 0) is 26.2 Å². The molecule has 0 aliphatic rings. The molecule has 0 bridgehead atoms. The molecule has 6 heteroatoms. The molecule has 0 heterocycles. The first kappa shape index (κ1) is 23.5. The van der Waals surface area contributed by atoms with Crippen LogP contribution in [-0.4, -0.2) is 17.4 Å². The summed E-state index contributed by atoms with van der Waals surface area (Å²) < 4.78 is 16.7. The van der Waals surface area contributed by atoms with E-state index >= 15 is 0 Å². The number of rotatable bonds is 0. The molecule has 0 saturated carbocycles. The van der Waals surface area contributed by atoms with Crippen molar-refractivity contribution in [2.24, 2.45) is 0 Å². The van der Waals surface area contributed by atoms with Gasteiger partial charge in [-0.2, -0.15) is 0 Å². The molecule has 0 aliphatic heterocycles. The van der Waals surface area contributed by atoms with E-state index in [2.05, 4.69) is 0 Å². The fraction of sp³-hybridized carbons (Fsp3) is 0. The van der Waals surface area contributed by atoms with Crippen molar-refractivity contribution in [2.75, 3.05) is 0 Å². The van der Waals surface area contributed by atoms with Gasteiger partial charge in [-0.05, 0) is 0 Å². The summed E-state index contributed by atoms with van der Waals surface area (Å²) in [7, 11) is -1.08. The molecule has 0 aromatic carbocycles. The van der Waals surface area contributed by atoms with Gasteiger partial charge in [0.1, 0.15) is 0 Å². The Labute approximate surface area is 101 Å². The molecule has 0 aromatic rings.